The molecule has 0 spiro atoms. The number of urea groups is 1. The number of amides is 2. The molecule has 0 aliphatic rings. The molecule has 0 radical (unpaired) electrons. The number of thiazole rings is 1. The molecule has 1 atom stereocenters. The zero-order chi connectivity index (χ0) is 13.5. The van der Waals surface area contributed by atoms with Crippen molar-refractivity contribution < 1.29 is 14.7 Å². The van der Waals surface area contributed by atoms with Gasteiger partial charge in [-0.15, -0.1) is 17.8 Å². The Kier molecular flexibility index (Phi) is 5.14. The number of hydrogen-bond acceptors (Lipinski definition) is 4. The van der Waals surface area contributed by atoms with Gasteiger partial charge in [-0.05, 0) is 6.92 Å². The first-order valence-corrected chi connectivity index (χ1v) is 6.09. The summed E-state index contributed by atoms with van der Waals surface area (Å²) in [6.07, 6.45) is 5.60. The van der Waals surface area contributed by atoms with Crippen LogP contribution in [0.1, 0.15) is 22.4 Å². The van der Waals surface area contributed by atoms with Crippen LogP contribution in [0, 0.1) is 12.3 Å². The monoisotopic (exact) mass is 267 g/mol. The van der Waals surface area contributed by atoms with Crippen molar-refractivity contribution in [1.29, 1.82) is 0 Å². The zero-order valence-electron chi connectivity index (χ0n) is 9.77. The molecule has 96 valence electrons. The second kappa shape index (κ2) is 6.61. The van der Waals surface area contributed by atoms with E-state index < -0.39 is 5.97 Å². The van der Waals surface area contributed by atoms with Crippen LogP contribution in [0.5, 0.6) is 0 Å². The van der Waals surface area contributed by atoms with Crippen LogP contribution in [0.3, 0.4) is 0 Å². The smallest absolute Gasteiger partial charge is 0.355 e. The van der Waals surface area contributed by atoms with Crippen molar-refractivity contribution in [3.8, 4) is 12.3 Å². The fourth-order valence-electron chi connectivity index (χ4n) is 1.10. The summed E-state index contributed by atoms with van der Waals surface area (Å²) in [6, 6.07) is -0.682. The van der Waals surface area contributed by atoms with E-state index in [9.17, 15) is 9.59 Å². The molecular weight excluding hydrogens is 254 g/mol. The number of nitrogens with one attached hydrogen (secondary N) is 2. The standard InChI is InChI=1S/C11H13N3O3S/c1-3-7(2)13-11(17)12-5-4-9-14-8(6-18-9)10(15)16/h1,6-7H,4-5H2,2H3,(H,15,16)(H2,12,13,17). The summed E-state index contributed by atoms with van der Waals surface area (Å²) in [5.41, 5.74) is 0.0282. The molecule has 7 heteroatoms. The van der Waals surface area contributed by atoms with E-state index in [1.807, 2.05) is 0 Å². The van der Waals surface area contributed by atoms with Crippen LogP contribution >= 0.6 is 11.3 Å². The van der Waals surface area contributed by atoms with Crippen molar-refractivity contribution in [2.45, 2.75) is 19.4 Å². The minimum absolute atomic E-state index is 0.0282. The minimum atomic E-state index is -1.05. The van der Waals surface area contributed by atoms with E-state index in [1.165, 1.54) is 16.7 Å². The normalized spacial score (nSPS) is 11.3. The van der Waals surface area contributed by atoms with Crippen LogP contribution in [0.25, 0.3) is 0 Å². The van der Waals surface area contributed by atoms with E-state index in [4.69, 9.17) is 11.5 Å². The molecule has 0 saturated heterocycles. The van der Waals surface area contributed by atoms with Gasteiger partial charge in [0.05, 0.1) is 11.0 Å². The summed E-state index contributed by atoms with van der Waals surface area (Å²) in [5, 5.41) is 16.0. The van der Waals surface area contributed by atoms with E-state index >= 15 is 0 Å². The molecule has 2 amide bonds. The molecule has 1 unspecified atom stereocenters. The fourth-order valence-corrected chi connectivity index (χ4v) is 1.87. The Morgan fingerprint density at radius 2 is 2.39 bits per heavy atom. The van der Waals surface area contributed by atoms with Gasteiger partial charge in [0.1, 0.15) is 0 Å². The number of nitrogens with zero attached hydrogens (tertiary/aromatic N) is 1. The highest BCUT2D eigenvalue weighted by molar-refractivity contribution is 7.09. The maximum absolute atomic E-state index is 11.3. The predicted octanol–water partition coefficient (Wildman–Crippen LogP) is 0.705. The van der Waals surface area contributed by atoms with E-state index in [2.05, 4.69) is 21.5 Å². The third-order valence-corrected chi connectivity index (χ3v) is 2.90. The molecule has 0 saturated carbocycles. The molecule has 0 aromatic carbocycles. The van der Waals surface area contributed by atoms with Gasteiger partial charge in [0.15, 0.2) is 5.69 Å². The van der Waals surface area contributed by atoms with E-state index in [0.29, 0.717) is 18.0 Å². The third kappa shape index (κ3) is 4.43. The SMILES string of the molecule is C#CC(C)NC(=O)NCCc1nc(C(=O)O)cs1. The summed E-state index contributed by atoms with van der Waals surface area (Å²) in [4.78, 5) is 25.8. The van der Waals surface area contributed by atoms with Crippen molar-refractivity contribution in [2.24, 2.45) is 0 Å². The lowest BCUT2D eigenvalue weighted by Gasteiger charge is -2.08. The second-order valence-corrected chi connectivity index (χ2v) is 4.41. The molecule has 18 heavy (non-hydrogen) atoms. The van der Waals surface area contributed by atoms with Crippen LogP contribution in [-0.4, -0.2) is 34.7 Å². The fraction of sp³-hybridized carbons (Fsp3) is 0.364. The largest absolute Gasteiger partial charge is 0.476 e. The van der Waals surface area contributed by atoms with Crippen LogP contribution in [0.15, 0.2) is 5.38 Å². The number of aromatic nitrogens is 1. The van der Waals surface area contributed by atoms with Gasteiger partial charge >= 0.3 is 12.0 Å². The van der Waals surface area contributed by atoms with Gasteiger partial charge in [-0.3, -0.25) is 0 Å². The molecule has 6 nitrogen and oxygen atoms in total. The summed E-state index contributed by atoms with van der Waals surface area (Å²) in [5.74, 6) is 1.32. The molecule has 1 rings (SSSR count). The molecule has 0 aliphatic carbocycles. The van der Waals surface area contributed by atoms with Crippen molar-refractivity contribution >= 4 is 23.3 Å². The number of carbonyl (C=O) groups is 2. The highest BCUT2D eigenvalue weighted by Gasteiger charge is 2.09. The van der Waals surface area contributed by atoms with Crippen molar-refractivity contribution in [2.75, 3.05) is 6.54 Å². The summed E-state index contributed by atoms with van der Waals surface area (Å²) >= 11 is 1.25. The highest BCUT2D eigenvalue weighted by Crippen LogP contribution is 2.09. The Labute approximate surface area is 108 Å². The minimum Gasteiger partial charge on any atom is -0.476 e. The number of hydrogen-bond donors (Lipinski definition) is 3. The van der Waals surface area contributed by atoms with Crippen LogP contribution in [-0.2, 0) is 6.42 Å². The number of rotatable bonds is 5. The molecule has 3 N–H and O–H groups in total. The summed E-state index contributed by atoms with van der Waals surface area (Å²) < 4.78 is 0. The van der Waals surface area contributed by atoms with Gasteiger partial charge in [0.2, 0.25) is 0 Å². The van der Waals surface area contributed by atoms with E-state index in [0.717, 1.165) is 0 Å². The Balaban J connectivity index is 2.31. The molecule has 1 aromatic rings. The molecule has 1 aromatic heterocycles. The lowest BCUT2D eigenvalue weighted by molar-refractivity contribution is 0.0691. The van der Waals surface area contributed by atoms with E-state index in [1.54, 1.807) is 6.92 Å². The number of carboxylic acids is 1. The zero-order valence-corrected chi connectivity index (χ0v) is 10.6. The maximum atomic E-state index is 11.3. The summed E-state index contributed by atoms with van der Waals surface area (Å²) in [6.45, 7) is 2.06. The average Bonchev–Trinajstić information content (AvgIpc) is 2.77. The number of carboxylic acid groups (broad SMARTS) is 1. The van der Waals surface area contributed by atoms with Crippen molar-refractivity contribution in [1.82, 2.24) is 15.6 Å². The molecule has 0 bridgehead atoms. The van der Waals surface area contributed by atoms with Gasteiger partial charge in [-0.2, -0.15) is 0 Å². The first-order valence-electron chi connectivity index (χ1n) is 5.21. The van der Waals surface area contributed by atoms with Gasteiger partial charge in [-0.25, -0.2) is 14.6 Å². The van der Waals surface area contributed by atoms with Gasteiger partial charge in [0, 0.05) is 18.3 Å². The molecule has 1 heterocycles. The third-order valence-electron chi connectivity index (χ3n) is 1.99. The number of terminal acetylenes is 1. The molecule has 0 fully saturated rings. The van der Waals surface area contributed by atoms with Crippen LogP contribution < -0.4 is 10.6 Å². The highest BCUT2D eigenvalue weighted by atomic mass is 32.1. The number of carbonyl (C=O) groups excluding carboxylic acids is 1. The quantitative estimate of drug-likeness (QED) is 0.685. The Bertz CT molecular complexity index is 478. The molecular formula is C11H13N3O3S. The molecule has 0 aliphatic heterocycles. The lowest BCUT2D eigenvalue weighted by atomic mass is 10.4. The van der Waals surface area contributed by atoms with Gasteiger partial charge in [0.25, 0.3) is 0 Å². The Hall–Kier alpha value is -2.07. The Morgan fingerprint density at radius 1 is 1.67 bits per heavy atom. The predicted molar refractivity (Wildman–Crippen MR) is 67.6 cm³/mol. The van der Waals surface area contributed by atoms with Gasteiger partial charge in [-0.1, -0.05) is 5.92 Å². The van der Waals surface area contributed by atoms with Crippen LogP contribution in [0.2, 0.25) is 0 Å². The first-order chi connectivity index (χ1) is 8.52. The maximum Gasteiger partial charge on any atom is 0.355 e. The Morgan fingerprint density at radius 3 is 2.94 bits per heavy atom. The average molecular weight is 267 g/mol. The lowest BCUT2D eigenvalue weighted by Crippen LogP contribution is -2.40. The second-order valence-electron chi connectivity index (χ2n) is 3.47. The van der Waals surface area contributed by atoms with Crippen LogP contribution in [0.4, 0.5) is 4.79 Å². The van der Waals surface area contributed by atoms with E-state index in [-0.39, 0.29) is 17.8 Å². The van der Waals surface area contributed by atoms with Crippen molar-refractivity contribution in [3.05, 3.63) is 16.1 Å². The van der Waals surface area contributed by atoms with Gasteiger partial charge < -0.3 is 15.7 Å². The summed E-state index contributed by atoms with van der Waals surface area (Å²) in [7, 11) is 0. The topological polar surface area (TPSA) is 91.3 Å². The van der Waals surface area contributed by atoms with Crippen molar-refractivity contribution in [3.63, 3.8) is 0 Å². The first kappa shape index (κ1) is 14.0. The number of aromatic carboxylic acids is 1.